The number of rotatable bonds is 8. The Labute approximate surface area is 244 Å². The van der Waals surface area contributed by atoms with Crippen molar-refractivity contribution in [1.82, 2.24) is 30.0 Å². The lowest BCUT2D eigenvalue weighted by Gasteiger charge is -2.25. The number of hydrogen-bond acceptors (Lipinski definition) is 8. The molecule has 1 saturated heterocycles. The van der Waals surface area contributed by atoms with Gasteiger partial charge >= 0.3 is 0 Å². The first kappa shape index (κ1) is 28.2. The van der Waals surface area contributed by atoms with Gasteiger partial charge in [0.2, 0.25) is 5.82 Å². The Hall–Kier alpha value is -4.96. The van der Waals surface area contributed by atoms with Crippen molar-refractivity contribution in [2.24, 2.45) is 0 Å². The monoisotopic (exact) mass is 588 g/mol. The lowest BCUT2D eigenvalue weighted by Crippen LogP contribution is -2.39. The smallest absolute Gasteiger partial charge is 0.264 e. The first-order valence-corrected chi connectivity index (χ1v) is 13.8. The minimum atomic E-state index is -1.19. The average Bonchev–Trinajstić information content (AvgIpc) is 3.42. The van der Waals surface area contributed by atoms with Crippen LogP contribution in [0.3, 0.4) is 0 Å². The second-order valence-corrected chi connectivity index (χ2v) is 10.7. The molecule has 0 spiro atoms. The van der Waals surface area contributed by atoms with Gasteiger partial charge in [-0.25, -0.2) is 23.4 Å². The van der Waals surface area contributed by atoms with Gasteiger partial charge in [-0.2, -0.15) is 14.8 Å². The van der Waals surface area contributed by atoms with E-state index in [1.54, 1.807) is 15.7 Å². The molecule has 4 aromatic rings. The molecule has 2 aromatic heterocycles. The molecule has 1 aliphatic carbocycles. The van der Waals surface area contributed by atoms with E-state index in [-0.39, 0.29) is 58.3 Å². The lowest BCUT2D eigenvalue weighted by molar-refractivity contribution is -0.127. The third-order valence-corrected chi connectivity index (χ3v) is 7.93. The zero-order chi connectivity index (χ0) is 30.3. The predicted molar refractivity (Wildman–Crippen MR) is 151 cm³/mol. The number of carbonyl (C=O) groups excluding carboxylic acids is 1. The van der Waals surface area contributed by atoms with Crippen molar-refractivity contribution >= 4 is 22.8 Å². The van der Waals surface area contributed by atoms with Gasteiger partial charge in [0.25, 0.3) is 5.91 Å². The molecule has 220 valence electrons. The number of anilines is 1. The quantitative estimate of drug-likeness (QED) is 0.227. The molecule has 1 aliphatic heterocycles. The minimum absolute atomic E-state index is 0.00780. The first-order valence-electron chi connectivity index (χ1n) is 13.8. The Morgan fingerprint density at radius 2 is 2.05 bits per heavy atom. The molecule has 1 saturated carbocycles. The third-order valence-electron chi connectivity index (χ3n) is 7.93. The summed E-state index contributed by atoms with van der Waals surface area (Å²) in [6, 6.07) is 9.04. The number of amides is 1. The van der Waals surface area contributed by atoms with Crippen LogP contribution in [0.15, 0.2) is 54.2 Å². The van der Waals surface area contributed by atoms with E-state index in [2.05, 4.69) is 26.5 Å². The number of likely N-dealkylation sites (tertiary alicyclic amines) is 1. The van der Waals surface area contributed by atoms with Crippen molar-refractivity contribution in [1.29, 1.82) is 5.26 Å². The highest BCUT2D eigenvalue weighted by atomic mass is 19.2. The molecule has 3 N–H and O–H groups in total. The van der Waals surface area contributed by atoms with E-state index in [0.717, 1.165) is 31.4 Å². The van der Waals surface area contributed by atoms with Crippen LogP contribution >= 0.6 is 0 Å². The minimum Gasteiger partial charge on any atom is -0.454 e. The van der Waals surface area contributed by atoms with E-state index in [9.17, 15) is 18.8 Å². The van der Waals surface area contributed by atoms with Gasteiger partial charge in [-0.05, 0) is 63.1 Å². The average molecular weight is 589 g/mol. The van der Waals surface area contributed by atoms with Gasteiger partial charge in [-0.1, -0.05) is 6.07 Å². The number of nitrogens with one attached hydrogen (secondary N) is 1. The summed E-state index contributed by atoms with van der Waals surface area (Å²) in [6.45, 7) is 0.797. The molecule has 2 aromatic carbocycles. The number of halogens is 3. The van der Waals surface area contributed by atoms with Crippen LogP contribution in [0.25, 0.3) is 22.4 Å². The van der Waals surface area contributed by atoms with Gasteiger partial charge in [-0.3, -0.25) is 4.79 Å². The molecule has 43 heavy (non-hydrogen) atoms. The summed E-state index contributed by atoms with van der Waals surface area (Å²) in [6.07, 6.45) is 6.46. The fourth-order valence-electron chi connectivity index (χ4n) is 5.33. The normalized spacial score (nSPS) is 17.7. The molecular formula is C30H27F3N8O2. The first-order chi connectivity index (χ1) is 20.7. The Balaban J connectivity index is 1.26. The van der Waals surface area contributed by atoms with Crippen molar-refractivity contribution in [3.63, 3.8) is 0 Å². The third kappa shape index (κ3) is 5.37. The van der Waals surface area contributed by atoms with Crippen LogP contribution in [-0.2, 0) is 11.3 Å². The molecule has 2 fully saturated rings. The van der Waals surface area contributed by atoms with Crippen LogP contribution in [-0.4, -0.2) is 55.7 Å². The van der Waals surface area contributed by atoms with E-state index >= 15 is 4.39 Å². The fraction of sp³-hybridized carbons (Fsp3) is 0.300. The topological polar surface area (TPSA) is 135 Å². The number of carbonyl (C=O) groups is 1. The van der Waals surface area contributed by atoms with Crippen molar-refractivity contribution in [3.8, 4) is 29.0 Å². The van der Waals surface area contributed by atoms with Gasteiger partial charge in [0.05, 0.1) is 29.7 Å². The zero-order valence-electron chi connectivity index (χ0n) is 23.1. The van der Waals surface area contributed by atoms with Crippen molar-refractivity contribution in [2.45, 2.75) is 43.8 Å². The molecule has 0 bridgehead atoms. The van der Waals surface area contributed by atoms with E-state index in [1.807, 2.05) is 7.05 Å². The van der Waals surface area contributed by atoms with E-state index in [0.29, 0.717) is 24.0 Å². The van der Waals surface area contributed by atoms with Gasteiger partial charge in [0.1, 0.15) is 29.0 Å². The summed E-state index contributed by atoms with van der Waals surface area (Å²) < 4.78 is 49.7. The summed E-state index contributed by atoms with van der Waals surface area (Å²) in [5.74, 6) is -3.72. The Kier molecular flexibility index (Phi) is 7.23. The second kappa shape index (κ2) is 11.0. The second-order valence-electron chi connectivity index (χ2n) is 10.7. The number of likely N-dealkylation sites (N-methyl/N-ethyl adjacent to an activating group) is 1. The molecule has 6 rings (SSSR count). The van der Waals surface area contributed by atoms with Gasteiger partial charge in [-0.15, -0.1) is 0 Å². The van der Waals surface area contributed by atoms with Crippen LogP contribution in [0.4, 0.5) is 19.0 Å². The number of hydrogen-bond donors (Lipinski definition) is 2. The lowest BCUT2D eigenvalue weighted by atomic mass is 10.1. The van der Waals surface area contributed by atoms with Crippen LogP contribution in [0.2, 0.25) is 0 Å². The summed E-state index contributed by atoms with van der Waals surface area (Å²) in [4.78, 5) is 23.8. The number of nitrogens with two attached hydrogens (primary N) is 1. The molecule has 1 amide bonds. The van der Waals surface area contributed by atoms with E-state index < -0.39 is 17.5 Å². The summed E-state index contributed by atoms with van der Waals surface area (Å²) in [5, 5.41) is 17.8. The molecule has 10 nitrogen and oxygen atoms in total. The highest BCUT2D eigenvalue weighted by Gasteiger charge is 2.41. The summed E-state index contributed by atoms with van der Waals surface area (Å²) in [7, 11) is 1.81. The predicted octanol–water partition coefficient (Wildman–Crippen LogP) is 4.48. The van der Waals surface area contributed by atoms with Gasteiger partial charge < -0.3 is 20.7 Å². The number of nitriles is 1. The Morgan fingerprint density at radius 3 is 2.77 bits per heavy atom. The van der Waals surface area contributed by atoms with Crippen LogP contribution in [0, 0.1) is 28.8 Å². The maximum Gasteiger partial charge on any atom is 0.264 e. The SMILES string of the molecule is CNC1(C=C(C#N)C(=O)N2CCC[C@H]2Cn2ncc3c(N)nc(-c4ccc(Oc5cccc(F)c5F)cc4F)nc32)CC1. The molecular weight excluding hydrogens is 561 g/mol. The van der Waals surface area contributed by atoms with Crippen molar-refractivity contribution in [2.75, 3.05) is 19.3 Å². The van der Waals surface area contributed by atoms with E-state index in [4.69, 9.17) is 10.5 Å². The number of aromatic nitrogens is 4. The highest BCUT2D eigenvalue weighted by molar-refractivity contribution is 5.98. The number of fused-ring (bicyclic) bond motifs is 1. The fourth-order valence-corrected chi connectivity index (χ4v) is 5.33. The number of nitrogens with zero attached hydrogens (tertiary/aromatic N) is 6. The Morgan fingerprint density at radius 1 is 1.23 bits per heavy atom. The number of benzene rings is 2. The standard InChI is InChI=1S/C30H27F3N8O2/c1-36-30(9-10-30)13-17(14-34)29(42)40-11-3-4-18(40)16-41-28-21(15-37-41)26(35)38-27(39-28)20-8-7-19(12-23(20)32)43-24-6-2-5-22(31)25(24)33/h2,5-8,12-13,15,18,36H,3-4,9-11,16H2,1H3,(H2,35,38,39)/t18-/m0/s1. The number of nitrogen functional groups attached to an aromatic ring is 1. The molecule has 3 heterocycles. The molecule has 0 unspecified atom stereocenters. The van der Waals surface area contributed by atoms with Gasteiger partial charge in [0.15, 0.2) is 23.0 Å². The van der Waals surface area contributed by atoms with Gasteiger partial charge in [0, 0.05) is 18.2 Å². The Bertz CT molecular complexity index is 1810. The highest BCUT2D eigenvalue weighted by Crippen LogP contribution is 2.38. The van der Waals surface area contributed by atoms with Crippen LogP contribution in [0.1, 0.15) is 25.7 Å². The van der Waals surface area contributed by atoms with Crippen LogP contribution < -0.4 is 15.8 Å². The molecule has 1 atom stereocenters. The largest absolute Gasteiger partial charge is 0.454 e. The van der Waals surface area contributed by atoms with Crippen molar-refractivity contribution in [3.05, 3.63) is 71.7 Å². The zero-order valence-corrected chi connectivity index (χ0v) is 23.1. The van der Waals surface area contributed by atoms with E-state index in [1.165, 1.54) is 30.5 Å². The summed E-state index contributed by atoms with van der Waals surface area (Å²) >= 11 is 0. The maximum absolute atomic E-state index is 15.2. The van der Waals surface area contributed by atoms with Crippen LogP contribution in [0.5, 0.6) is 11.5 Å². The molecule has 0 radical (unpaired) electrons. The summed E-state index contributed by atoms with van der Waals surface area (Å²) in [5.41, 5.74) is 6.37. The molecule has 13 heteroatoms. The number of ether oxygens (including phenoxy) is 1. The molecule has 2 aliphatic rings. The maximum atomic E-state index is 15.2. The van der Waals surface area contributed by atoms with Crippen molar-refractivity contribution < 1.29 is 22.7 Å².